The van der Waals surface area contributed by atoms with E-state index in [4.69, 9.17) is 22.1 Å². The summed E-state index contributed by atoms with van der Waals surface area (Å²) in [6.45, 7) is 3.90. The fraction of sp³-hybridized carbons (Fsp3) is 0.188. The average Bonchev–Trinajstić information content (AvgIpc) is 2.42. The van der Waals surface area contributed by atoms with Crippen LogP contribution in [0.25, 0.3) is 0 Å². The highest BCUT2D eigenvalue weighted by Gasteiger charge is 2.18. The molecule has 2 rings (SSSR count). The summed E-state index contributed by atoms with van der Waals surface area (Å²) in [5, 5.41) is 0.442. The van der Waals surface area contributed by atoms with Crippen molar-refractivity contribution in [3.63, 3.8) is 0 Å². The lowest BCUT2D eigenvalue weighted by molar-refractivity contribution is 0.103. The summed E-state index contributed by atoms with van der Waals surface area (Å²) >= 11 is 6.19. The van der Waals surface area contributed by atoms with Gasteiger partial charge in [0.15, 0.2) is 5.78 Å². The van der Waals surface area contributed by atoms with Crippen LogP contribution in [0.15, 0.2) is 30.3 Å². The van der Waals surface area contributed by atoms with Crippen molar-refractivity contribution in [1.29, 1.82) is 0 Å². The molecule has 2 aromatic rings. The number of ether oxygens (including phenoxy) is 1. The van der Waals surface area contributed by atoms with E-state index in [0.29, 0.717) is 27.6 Å². The second kappa shape index (κ2) is 5.55. The van der Waals surface area contributed by atoms with Crippen LogP contribution in [0.3, 0.4) is 0 Å². The van der Waals surface area contributed by atoms with Crippen LogP contribution < -0.4 is 10.5 Å². The summed E-state index contributed by atoms with van der Waals surface area (Å²) in [7, 11) is 1.51. The molecule has 0 amide bonds. The molecule has 2 aromatic carbocycles. The predicted octanol–water partition coefficient (Wildman–Crippen LogP) is 3.78. The largest absolute Gasteiger partial charge is 0.496 e. The first-order chi connectivity index (χ1) is 9.43. The van der Waals surface area contributed by atoms with Gasteiger partial charge in [0.1, 0.15) is 5.75 Å². The number of aryl methyl sites for hydroxylation is 2. The number of nitrogens with two attached hydrogens (primary N) is 1. The molecule has 4 heteroatoms. The minimum atomic E-state index is -0.171. The summed E-state index contributed by atoms with van der Waals surface area (Å²) in [6, 6.07) is 8.55. The molecule has 0 aliphatic rings. The minimum Gasteiger partial charge on any atom is -0.496 e. The van der Waals surface area contributed by atoms with Gasteiger partial charge in [-0.05, 0) is 49.2 Å². The molecule has 0 aromatic heterocycles. The van der Waals surface area contributed by atoms with Crippen molar-refractivity contribution < 1.29 is 9.53 Å². The second-order valence-electron chi connectivity index (χ2n) is 4.71. The van der Waals surface area contributed by atoms with Crippen LogP contribution in [-0.2, 0) is 0 Å². The number of benzene rings is 2. The number of rotatable bonds is 3. The Morgan fingerprint density at radius 2 is 1.75 bits per heavy atom. The molecule has 2 N–H and O–H groups in total. The smallest absolute Gasteiger partial charge is 0.198 e. The second-order valence-corrected chi connectivity index (χ2v) is 5.11. The van der Waals surface area contributed by atoms with E-state index in [1.165, 1.54) is 7.11 Å². The summed E-state index contributed by atoms with van der Waals surface area (Å²) in [6.07, 6.45) is 0. The monoisotopic (exact) mass is 289 g/mol. The van der Waals surface area contributed by atoms with Gasteiger partial charge in [0.2, 0.25) is 0 Å². The molecule has 0 fully saturated rings. The summed E-state index contributed by atoms with van der Waals surface area (Å²) < 4.78 is 5.22. The summed E-state index contributed by atoms with van der Waals surface area (Å²) in [5.41, 5.74) is 9.24. The van der Waals surface area contributed by atoms with Gasteiger partial charge < -0.3 is 10.5 Å². The molecular formula is C16H16ClNO2. The fourth-order valence-electron chi connectivity index (χ4n) is 2.00. The van der Waals surface area contributed by atoms with Gasteiger partial charge in [0.25, 0.3) is 0 Å². The highest BCUT2D eigenvalue weighted by Crippen LogP contribution is 2.28. The Morgan fingerprint density at radius 1 is 1.10 bits per heavy atom. The van der Waals surface area contributed by atoms with E-state index in [-0.39, 0.29) is 5.78 Å². The lowest BCUT2D eigenvalue weighted by atomic mass is 9.98. The number of carbonyl (C=O) groups is 1. The normalized spacial score (nSPS) is 10.4. The number of halogens is 1. The number of hydrogen-bond acceptors (Lipinski definition) is 3. The van der Waals surface area contributed by atoms with Crippen molar-refractivity contribution in [3.8, 4) is 5.75 Å². The molecule has 0 aliphatic carbocycles. The number of anilines is 1. The van der Waals surface area contributed by atoms with Crippen LogP contribution in [0.4, 0.5) is 5.69 Å². The van der Waals surface area contributed by atoms with E-state index in [1.807, 2.05) is 13.8 Å². The number of methoxy groups -OCH3 is 1. The van der Waals surface area contributed by atoms with Gasteiger partial charge in [-0.1, -0.05) is 11.6 Å². The first-order valence-corrected chi connectivity index (χ1v) is 6.56. The zero-order valence-electron chi connectivity index (χ0n) is 11.7. The van der Waals surface area contributed by atoms with Gasteiger partial charge in [-0.3, -0.25) is 4.79 Å². The molecule has 0 saturated carbocycles. The minimum absolute atomic E-state index is 0.171. The quantitative estimate of drug-likeness (QED) is 0.691. The van der Waals surface area contributed by atoms with E-state index in [0.717, 1.165) is 11.1 Å². The Morgan fingerprint density at radius 3 is 2.40 bits per heavy atom. The highest BCUT2D eigenvalue weighted by molar-refractivity contribution is 6.35. The van der Waals surface area contributed by atoms with Crippen molar-refractivity contribution in [2.75, 3.05) is 12.8 Å². The summed E-state index contributed by atoms with van der Waals surface area (Å²) in [4.78, 5) is 12.6. The van der Waals surface area contributed by atoms with Crippen molar-refractivity contribution in [3.05, 3.63) is 57.6 Å². The maximum Gasteiger partial charge on any atom is 0.198 e. The molecule has 0 atom stereocenters. The van der Waals surface area contributed by atoms with Gasteiger partial charge in [-0.2, -0.15) is 0 Å². The summed E-state index contributed by atoms with van der Waals surface area (Å²) in [5.74, 6) is 0.277. The van der Waals surface area contributed by atoms with Crippen LogP contribution >= 0.6 is 11.6 Å². The Balaban J connectivity index is 2.54. The fourth-order valence-corrected chi connectivity index (χ4v) is 2.30. The number of nitrogen functional groups attached to an aromatic ring is 1. The van der Waals surface area contributed by atoms with Crippen molar-refractivity contribution >= 4 is 23.1 Å². The zero-order chi connectivity index (χ0) is 14.9. The molecule has 0 spiro atoms. The van der Waals surface area contributed by atoms with Crippen LogP contribution in [0.1, 0.15) is 27.0 Å². The van der Waals surface area contributed by atoms with Crippen molar-refractivity contribution in [2.24, 2.45) is 0 Å². The molecule has 0 bridgehead atoms. The first-order valence-electron chi connectivity index (χ1n) is 6.19. The molecule has 0 aliphatic heterocycles. The molecule has 20 heavy (non-hydrogen) atoms. The first kappa shape index (κ1) is 14.4. The highest BCUT2D eigenvalue weighted by atomic mass is 35.5. The van der Waals surface area contributed by atoms with Gasteiger partial charge in [-0.25, -0.2) is 0 Å². The molecular weight excluding hydrogens is 274 g/mol. The third kappa shape index (κ3) is 2.63. The van der Waals surface area contributed by atoms with E-state index in [2.05, 4.69) is 0 Å². The lowest BCUT2D eigenvalue weighted by Crippen LogP contribution is -2.06. The number of carbonyl (C=O) groups excluding carboxylic acids is 1. The van der Waals surface area contributed by atoms with E-state index in [1.54, 1.807) is 30.3 Å². The third-order valence-electron chi connectivity index (χ3n) is 3.30. The van der Waals surface area contributed by atoms with Crippen LogP contribution in [0, 0.1) is 13.8 Å². The molecule has 0 radical (unpaired) electrons. The van der Waals surface area contributed by atoms with E-state index >= 15 is 0 Å². The van der Waals surface area contributed by atoms with Gasteiger partial charge in [-0.15, -0.1) is 0 Å². The van der Waals surface area contributed by atoms with E-state index in [9.17, 15) is 4.79 Å². The molecule has 104 valence electrons. The third-order valence-corrected chi connectivity index (χ3v) is 3.61. The number of hydrogen-bond donors (Lipinski definition) is 1. The predicted molar refractivity (Wildman–Crippen MR) is 81.8 cm³/mol. The maximum absolute atomic E-state index is 12.6. The Labute approximate surface area is 123 Å². The Bertz CT molecular complexity index is 680. The molecule has 0 heterocycles. The van der Waals surface area contributed by atoms with Crippen LogP contribution in [0.5, 0.6) is 5.75 Å². The van der Waals surface area contributed by atoms with Crippen molar-refractivity contribution in [1.82, 2.24) is 0 Å². The van der Waals surface area contributed by atoms with Crippen LogP contribution in [-0.4, -0.2) is 12.9 Å². The van der Waals surface area contributed by atoms with Gasteiger partial charge in [0, 0.05) is 17.3 Å². The average molecular weight is 290 g/mol. The van der Waals surface area contributed by atoms with Gasteiger partial charge in [0.05, 0.1) is 17.7 Å². The van der Waals surface area contributed by atoms with Crippen LogP contribution in [0.2, 0.25) is 5.02 Å². The molecule has 0 saturated heterocycles. The van der Waals surface area contributed by atoms with E-state index < -0.39 is 0 Å². The Hall–Kier alpha value is -2.00. The molecule has 0 unspecified atom stereocenters. The van der Waals surface area contributed by atoms with Gasteiger partial charge >= 0.3 is 0 Å². The standard InChI is InChI=1S/C16H16ClNO2/c1-9-6-13(14(17)7-10(9)2)16(19)12-5-4-11(18)8-15(12)20-3/h4-8H,18H2,1-3H3. The lowest BCUT2D eigenvalue weighted by Gasteiger charge is -2.11. The SMILES string of the molecule is COc1cc(N)ccc1C(=O)c1cc(C)c(C)cc1Cl. The molecule has 3 nitrogen and oxygen atoms in total. The topological polar surface area (TPSA) is 52.3 Å². The Kier molecular flexibility index (Phi) is 4.00. The maximum atomic E-state index is 12.6. The zero-order valence-corrected chi connectivity index (χ0v) is 12.4. The number of ketones is 1. The van der Waals surface area contributed by atoms with Crippen molar-refractivity contribution in [2.45, 2.75) is 13.8 Å².